The van der Waals surface area contributed by atoms with E-state index >= 15 is 0 Å². The van der Waals surface area contributed by atoms with Gasteiger partial charge in [-0.1, -0.05) is 0 Å². The molecular weight excluding hydrogens is 188 g/mol. The van der Waals surface area contributed by atoms with Gasteiger partial charge < -0.3 is 9.47 Å². The number of rotatable bonds is 6. The molecular formula is C8H14N2O4. The van der Waals surface area contributed by atoms with Gasteiger partial charge in [0.1, 0.15) is 13.5 Å². The van der Waals surface area contributed by atoms with Crippen molar-refractivity contribution in [2.24, 2.45) is 0 Å². The van der Waals surface area contributed by atoms with Gasteiger partial charge in [-0.15, -0.1) is 0 Å². The van der Waals surface area contributed by atoms with Crippen LogP contribution in [0.1, 0.15) is 0 Å². The number of hydrogen-bond acceptors (Lipinski definition) is 6. The van der Waals surface area contributed by atoms with E-state index in [1.165, 1.54) is 0 Å². The monoisotopic (exact) mass is 202 g/mol. The summed E-state index contributed by atoms with van der Waals surface area (Å²) in [5, 5.41) is 5.23. The zero-order valence-electron chi connectivity index (χ0n) is 8.20. The van der Waals surface area contributed by atoms with Gasteiger partial charge in [0.2, 0.25) is 0 Å². The predicted octanol–water partition coefficient (Wildman–Crippen LogP) is -1.02. The van der Waals surface area contributed by atoms with Gasteiger partial charge in [-0.2, -0.15) is 0 Å². The van der Waals surface area contributed by atoms with E-state index in [1.807, 2.05) is 0 Å². The molecule has 0 heterocycles. The van der Waals surface area contributed by atoms with E-state index in [2.05, 4.69) is 20.1 Å². The molecule has 6 heteroatoms. The van der Waals surface area contributed by atoms with E-state index in [0.717, 1.165) is 12.2 Å². The first-order valence-corrected chi connectivity index (χ1v) is 4.01. The summed E-state index contributed by atoms with van der Waals surface area (Å²) in [4.78, 5) is 21.6. The van der Waals surface area contributed by atoms with Crippen LogP contribution < -0.4 is 10.6 Å². The molecule has 0 saturated carbocycles. The molecule has 0 amide bonds. The van der Waals surface area contributed by atoms with Crippen molar-refractivity contribution < 1.29 is 19.1 Å². The van der Waals surface area contributed by atoms with E-state index < -0.39 is 11.9 Å². The van der Waals surface area contributed by atoms with Crippen molar-refractivity contribution in [3.05, 3.63) is 12.2 Å². The fraction of sp³-hybridized carbons (Fsp3) is 0.500. The number of esters is 2. The van der Waals surface area contributed by atoms with Gasteiger partial charge in [0.15, 0.2) is 0 Å². The number of carbonyl (C=O) groups excluding carboxylic acids is 2. The first kappa shape index (κ1) is 12.6. The highest BCUT2D eigenvalue weighted by Gasteiger charge is 1.98. The molecule has 0 aromatic rings. The lowest BCUT2D eigenvalue weighted by molar-refractivity contribution is -0.141. The smallest absolute Gasteiger partial charge is 0.332 e. The zero-order chi connectivity index (χ0) is 10.8. The Labute approximate surface area is 82.3 Å². The summed E-state index contributed by atoms with van der Waals surface area (Å²) in [6.07, 6.45) is 2.02. The number of ether oxygens (including phenoxy) is 2. The standard InChI is InChI=1S/C8H14N2O4/c1-9-5-13-7(11)3-4-8(12)14-6-10-2/h3-4,9-10H,5-6H2,1-2H3/b4-3+. The Bertz CT molecular complexity index is 193. The second-order valence-electron chi connectivity index (χ2n) is 2.26. The number of nitrogens with one attached hydrogen (secondary N) is 2. The fourth-order valence-corrected chi connectivity index (χ4v) is 0.519. The van der Waals surface area contributed by atoms with E-state index in [1.54, 1.807) is 14.1 Å². The topological polar surface area (TPSA) is 76.7 Å². The van der Waals surface area contributed by atoms with Gasteiger partial charge in [-0.25, -0.2) is 9.59 Å². The molecule has 0 spiro atoms. The minimum Gasteiger partial charge on any atom is -0.447 e. The summed E-state index contributed by atoms with van der Waals surface area (Å²) in [6, 6.07) is 0. The third kappa shape index (κ3) is 7.26. The normalized spacial score (nSPS) is 10.1. The van der Waals surface area contributed by atoms with Crippen LogP contribution in [0, 0.1) is 0 Å². The van der Waals surface area contributed by atoms with E-state index in [9.17, 15) is 9.59 Å². The molecule has 2 N–H and O–H groups in total. The summed E-state index contributed by atoms with van der Waals surface area (Å²) in [7, 11) is 3.27. The van der Waals surface area contributed by atoms with Crippen molar-refractivity contribution in [3.63, 3.8) is 0 Å². The minimum absolute atomic E-state index is 0.106. The molecule has 0 aromatic carbocycles. The van der Waals surface area contributed by atoms with Crippen molar-refractivity contribution in [2.75, 3.05) is 27.6 Å². The lowest BCUT2D eigenvalue weighted by atomic mass is 10.5. The molecule has 0 bridgehead atoms. The molecule has 0 unspecified atom stereocenters. The Kier molecular flexibility index (Phi) is 7.39. The maximum absolute atomic E-state index is 10.8. The fourth-order valence-electron chi connectivity index (χ4n) is 0.519. The predicted molar refractivity (Wildman–Crippen MR) is 49.2 cm³/mol. The Hall–Kier alpha value is -1.40. The van der Waals surface area contributed by atoms with Gasteiger partial charge >= 0.3 is 11.9 Å². The van der Waals surface area contributed by atoms with Crippen molar-refractivity contribution >= 4 is 11.9 Å². The van der Waals surface area contributed by atoms with Crippen LogP contribution in [0.3, 0.4) is 0 Å². The summed E-state index contributed by atoms with van der Waals surface area (Å²) >= 11 is 0. The molecule has 0 aliphatic rings. The molecule has 0 aliphatic carbocycles. The highest BCUT2D eigenvalue weighted by molar-refractivity contribution is 5.91. The lowest BCUT2D eigenvalue weighted by Gasteiger charge is -1.99. The second kappa shape index (κ2) is 8.21. The zero-order valence-corrected chi connectivity index (χ0v) is 8.20. The SMILES string of the molecule is CNCOC(=O)/C=C/C(=O)OCNC. The van der Waals surface area contributed by atoms with Crippen molar-refractivity contribution in [2.45, 2.75) is 0 Å². The largest absolute Gasteiger partial charge is 0.447 e. The average molecular weight is 202 g/mol. The lowest BCUT2D eigenvalue weighted by Crippen LogP contribution is -2.16. The second-order valence-corrected chi connectivity index (χ2v) is 2.26. The Balaban J connectivity index is 3.68. The van der Waals surface area contributed by atoms with Crippen LogP contribution in [0.15, 0.2) is 12.2 Å². The van der Waals surface area contributed by atoms with Crippen LogP contribution in [-0.4, -0.2) is 39.5 Å². The maximum Gasteiger partial charge on any atom is 0.332 e. The van der Waals surface area contributed by atoms with E-state index in [0.29, 0.717) is 0 Å². The van der Waals surface area contributed by atoms with Crippen LogP contribution in [-0.2, 0) is 19.1 Å². The van der Waals surface area contributed by atoms with Crippen LogP contribution in [0.2, 0.25) is 0 Å². The van der Waals surface area contributed by atoms with Crippen molar-refractivity contribution in [1.82, 2.24) is 10.6 Å². The number of carbonyl (C=O) groups is 2. The summed E-state index contributed by atoms with van der Waals surface area (Å²) in [5.41, 5.74) is 0. The van der Waals surface area contributed by atoms with Crippen LogP contribution >= 0.6 is 0 Å². The molecule has 0 radical (unpaired) electrons. The number of hydrogen-bond donors (Lipinski definition) is 2. The van der Waals surface area contributed by atoms with Crippen molar-refractivity contribution in [1.29, 1.82) is 0 Å². The first-order chi connectivity index (χ1) is 6.70. The van der Waals surface area contributed by atoms with Crippen LogP contribution in [0.4, 0.5) is 0 Å². The molecule has 0 fully saturated rings. The third-order valence-corrected chi connectivity index (χ3v) is 1.07. The molecule has 6 nitrogen and oxygen atoms in total. The van der Waals surface area contributed by atoms with Crippen LogP contribution in [0.5, 0.6) is 0 Å². The molecule has 0 aliphatic heterocycles. The van der Waals surface area contributed by atoms with Gasteiger partial charge in [-0.3, -0.25) is 10.6 Å². The molecule has 0 atom stereocenters. The highest BCUT2D eigenvalue weighted by Crippen LogP contribution is 1.83. The average Bonchev–Trinajstić information content (AvgIpc) is 2.20. The van der Waals surface area contributed by atoms with Crippen molar-refractivity contribution in [3.8, 4) is 0 Å². The molecule has 0 saturated heterocycles. The summed E-state index contributed by atoms with van der Waals surface area (Å²) in [6.45, 7) is 0.212. The Morgan fingerprint density at radius 1 is 1.00 bits per heavy atom. The van der Waals surface area contributed by atoms with Gasteiger partial charge in [-0.05, 0) is 14.1 Å². The van der Waals surface area contributed by atoms with Gasteiger partial charge in [0.05, 0.1) is 0 Å². The molecule has 14 heavy (non-hydrogen) atoms. The molecule has 0 aromatic heterocycles. The third-order valence-electron chi connectivity index (χ3n) is 1.07. The summed E-state index contributed by atoms with van der Waals surface area (Å²) < 4.78 is 9.17. The van der Waals surface area contributed by atoms with Gasteiger partial charge in [0, 0.05) is 12.2 Å². The molecule has 0 rings (SSSR count). The van der Waals surface area contributed by atoms with Crippen LogP contribution in [0.25, 0.3) is 0 Å². The van der Waals surface area contributed by atoms with Gasteiger partial charge in [0.25, 0.3) is 0 Å². The first-order valence-electron chi connectivity index (χ1n) is 4.01. The van der Waals surface area contributed by atoms with E-state index in [-0.39, 0.29) is 13.5 Å². The summed E-state index contributed by atoms with van der Waals surface area (Å²) in [5.74, 6) is -1.19. The Morgan fingerprint density at radius 2 is 1.36 bits per heavy atom. The van der Waals surface area contributed by atoms with E-state index in [4.69, 9.17) is 0 Å². The highest BCUT2D eigenvalue weighted by atomic mass is 16.5. The minimum atomic E-state index is -0.597. The quantitative estimate of drug-likeness (QED) is 0.326. The Morgan fingerprint density at radius 3 is 1.64 bits per heavy atom. The molecule has 80 valence electrons. The maximum atomic E-state index is 10.8.